The Morgan fingerprint density at radius 1 is 1.17 bits per heavy atom. The van der Waals surface area contributed by atoms with Crippen LogP contribution in [0.25, 0.3) is 0 Å². The van der Waals surface area contributed by atoms with Gasteiger partial charge in [-0.25, -0.2) is 0 Å². The number of hydrogen-bond donors (Lipinski definition) is 1. The predicted octanol–water partition coefficient (Wildman–Crippen LogP) is 3.87. The van der Waals surface area contributed by atoms with Crippen LogP contribution in [0.3, 0.4) is 0 Å². The van der Waals surface area contributed by atoms with Crippen LogP contribution >= 0.6 is 0 Å². The van der Waals surface area contributed by atoms with E-state index in [0.717, 1.165) is 48.6 Å². The lowest BCUT2D eigenvalue weighted by Gasteiger charge is -2.26. The Balaban J connectivity index is 1.41. The van der Waals surface area contributed by atoms with E-state index in [9.17, 15) is 4.79 Å². The van der Waals surface area contributed by atoms with Crippen LogP contribution in [-0.4, -0.2) is 44.2 Å². The number of ether oxygens (including phenoxy) is 3. The van der Waals surface area contributed by atoms with Crippen LogP contribution in [0.2, 0.25) is 0 Å². The third-order valence-electron chi connectivity index (χ3n) is 5.85. The summed E-state index contributed by atoms with van der Waals surface area (Å²) in [6.45, 7) is 4.63. The molecule has 1 N–H and O–H groups in total. The van der Waals surface area contributed by atoms with Crippen LogP contribution in [0.4, 0.5) is 0 Å². The van der Waals surface area contributed by atoms with Crippen molar-refractivity contribution in [1.82, 2.24) is 10.2 Å². The number of nitrogens with one attached hydrogen (secondary N) is 1. The quantitative estimate of drug-likeness (QED) is 0.783. The molecule has 6 nitrogen and oxygen atoms in total. The normalized spacial score (nSPS) is 19.7. The van der Waals surface area contributed by atoms with E-state index in [-0.39, 0.29) is 18.0 Å². The highest BCUT2D eigenvalue weighted by Crippen LogP contribution is 2.37. The first-order chi connectivity index (χ1) is 14.7. The molecular formula is C24H30N2O4. The van der Waals surface area contributed by atoms with Crippen LogP contribution in [0.1, 0.15) is 49.4 Å². The van der Waals surface area contributed by atoms with E-state index in [1.807, 2.05) is 37.3 Å². The zero-order valence-corrected chi connectivity index (χ0v) is 17.7. The molecule has 0 aliphatic carbocycles. The molecule has 2 aliphatic rings. The molecule has 0 radical (unpaired) electrons. The summed E-state index contributed by atoms with van der Waals surface area (Å²) in [6.07, 6.45) is 3.01. The summed E-state index contributed by atoms with van der Waals surface area (Å²) < 4.78 is 17.0. The fourth-order valence-corrected chi connectivity index (χ4v) is 4.35. The summed E-state index contributed by atoms with van der Waals surface area (Å²) in [6, 6.07) is 14.1. The van der Waals surface area contributed by atoms with Crippen molar-refractivity contribution in [2.75, 3.05) is 33.4 Å². The van der Waals surface area contributed by atoms with E-state index in [4.69, 9.17) is 14.2 Å². The lowest BCUT2D eigenvalue weighted by molar-refractivity contribution is -0.123. The number of likely N-dealkylation sites (tertiary alicyclic amines) is 1. The molecule has 4 rings (SSSR count). The fourth-order valence-electron chi connectivity index (χ4n) is 4.35. The SMILES string of the molecule is COc1ccccc1[C@H](C)NC(=O)CN1CCC[C@@H]1c1ccc2c(c1)OCCCO2. The van der Waals surface area contributed by atoms with Crippen molar-refractivity contribution in [3.8, 4) is 17.2 Å². The zero-order valence-electron chi connectivity index (χ0n) is 17.7. The second-order valence-electron chi connectivity index (χ2n) is 7.92. The largest absolute Gasteiger partial charge is 0.496 e. The molecule has 30 heavy (non-hydrogen) atoms. The lowest BCUT2D eigenvalue weighted by atomic mass is 10.0. The Kier molecular flexibility index (Phi) is 6.43. The van der Waals surface area contributed by atoms with Crippen molar-refractivity contribution >= 4 is 5.91 Å². The molecule has 2 aromatic carbocycles. The van der Waals surface area contributed by atoms with E-state index < -0.39 is 0 Å². The average Bonchev–Trinajstić information content (AvgIpc) is 3.08. The first-order valence-electron chi connectivity index (χ1n) is 10.7. The predicted molar refractivity (Wildman–Crippen MR) is 115 cm³/mol. The number of benzene rings is 2. The fraction of sp³-hybridized carbons (Fsp3) is 0.458. The molecule has 2 aromatic rings. The number of amides is 1. The summed E-state index contributed by atoms with van der Waals surface area (Å²) in [5, 5.41) is 3.12. The standard InChI is InChI=1S/C24H30N2O4/c1-17(19-7-3-4-9-21(19)28-2)25-24(27)16-26-12-5-8-20(26)18-10-11-22-23(15-18)30-14-6-13-29-22/h3-4,7,9-11,15,17,20H,5-6,8,12-14,16H2,1-2H3,(H,25,27)/t17-,20+/m0/s1. The van der Waals surface area contributed by atoms with Gasteiger partial charge in [0, 0.05) is 18.0 Å². The van der Waals surface area contributed by atoms with Gasteiger partial charge in [-0.15, -0.1) is 0 Å². The minimum absolute atomic E-state index is 0.0228. The molecule has 2 atom stereocenters. The number of fused-ring (bicyclic) bond motifs is 1. The molecule has 1 amide bonds. The van der Waals surface area contributed by atoms with E-state index >= 15 is 0 Å². The molecule has 160 valence electrons. The van der Waals surface area contributed by atoms with Gasteiger partial charge in [0.15, 0.2) is 11.5 Å². The summed E-state index contributed by atoms with van der Waals surface area (Å²) in [5.74, 6) is 2.43. The summed E-state index contributed by atoms with van der Waals surface area (Å²) in [7, 11) is 1.65. The Bertz CT molecular complexity index is 885. The van der Waals surface area contributed by atoms with Crippen molar-refractivity contribution in [3.63, 3.8) is 0 Å². The maximum atomic E-state index is 12.8. The molecule has 1 fully saturated rings. The van der Waals surface area contributed by atoms with E-state index in [2.05, 4.69) is 22.3 Å². The van der Waals surface area contributed by atoms with Gasteiger partial charge in [0.1, 0.15) is 5.75 Å². The highest BCUT2D eigenvalue weighted by atomic mass is 16.5. The monoisotopic (exact) mass is 410 g/mol. The van der Waals surface area contributed by atoms with Crippen LogP contribution in [-0.2, 0) is 4.79 Å². The van der Waals surface area contributed by atoms with E-state index in [1.54, 1.807) is 7.11 Å². The second-order valence-corrected chi connectivity index (χ2v) is 7.92. The van der Waals surface area contributed by atoms with Crippen molar-refractivity contribution < 1.29 is 19.0 Å². The number of hydrogen-bond acceptors (Lipinski definition) is 5. The third-order valence-corrected chi connectivity index (χ3v) is 5.85. The maximum Gasteiger partial charge on any atom is 0.234 e. The molecule has 0 aromatic heterocycles. The number of nitrogens with zero attached hydrogens (tertiary/aromatic N) is 1. The first kappa shape index (κ1) is 20.5. The van der Waals surface area contributed by atoms with Gasteiger partial charge in [0.2, 0.25) is 5.91 Å². The molecule has 0 bridgehead atoms. The molecule has 0 spiro atoms. The molecule has 0 saturated carbocycles. The molecule has 0 unspecified atom stereocenters. The van der Waals surface area contributed by atoms with Gasteiger partial charge in [0.05, 0.1) is 32.9 Å². The minimum Gasteiger partial charge on any atom is -0.496 e. The number of carbonyl (C=O) groups is 1. The van der Waals surface area contributed by atoms with Crippen LogP contribution in [0.5, 0.6) is 17.2 Å². The highest BCUT2D eigenvalue weighted by Gasteiger charge is 2.29. The van der Waals surface area contributed by atoms with Gasteiger partial charge in [-0.1, -0.05) is 24.3 Å². The Hall–Kier alpha value is -2.73. The van der Waals surface area contributed by atoms with E-state index in [0.29, 0.717) is 19.8 Å². The van der Waals surface area contributed by atoms with Crippen molar-refractivity contribution in [1.29, 1.82) is 0 Å². The van der Waals surface area contributed by atoms with Gasteiger partial charge >= 0.3 is 0 Å². The minimum atomic E-state index is -0.118. The Morgan fingerprint density at radius 3 is 2.80 bits per heavy atom. The number of carbonyl (C=O) groups excluding carboxylic acids is 1. The van der Waals surface area contributed by atoms with E-state index in [1.165, 1.54) is 5.56 Å². The average molecular weight is 411 g/mol. The second kappa shape index (κ2) is 9.39. The van der Waals surface area contributed by atoms with Gasteiger partial charge in [-0.05, 0) is 50.1 Å². The third kappa shape index (κ3) is 4.54. The smallest absolute Gasteiger partial charge is 0.234 e. The number of methoxy groups -OCH3 is 1. The summed E-state index contributed by atoms with van der Waals surface area (Å²) >= 11 is 0. The maximum absolute atomic E-state index is 12.8. The number of para-hydroxylation sites is 1. The summed E-state index contributed by atoms with van der Waals surface area (Å²) in [4.78, 5) is 15.1. The first-order valence-corrected chi connectivity index (χ1v) is 10.7. The van der Waals surface area contributed by atoms with Crippen molar-refractivity contribution in [2.24, 2.45) is 0 Å². The van der Waals surface area contributed by atoms with Crippen molar-refractivity contribution in [2.45, 2.75) is 38.3 Å². The molecule has 1 saturated heterocycles. The van der Waals surface area contributed by atoms with Gasteiger partial charge in [0.25, 0.3) is 0 Å². The van der Waals surface area contributed by atoms with Crippen LogP contribution < -0.4 is 19.5 Å². The van der Waals surface area contributed by atoms with Gasteiger partial charge < -0.3 is 19.5 Å². The number of rotatable bonds is 6. The topological polar surface area (TPSA) is 60.0 Å². The van der Waals surface area contributed by atoms with Crippen LogP contribution in [0, 0.1) is 0 Å². The van der Waals surface area contributed by atoms with Gasteiger partial charge in [-0.2, -0.15) is 0 Å². The van der Waals surface area contributed by atoms with Gasteiger partial charge in [-0.3, -0.25) is 9.69 Å². The highest BCUT2D eigenvalue weighted by molar-refractivity contribution is 5.78. The Labute approximate surface area is 178 Å². The molecule has 2 aliphatic heterocycles. The molecule has 2 heterocycles. The Morgan fingerprint density at radius 2 is 1.97 bits per heavy atom. The zero-order chi connectivity index (χ0) is 20.9. The van der Waals surface area contributed by atoms with Crippen LogP contribution in [0.15, 0.2) is 42.5 Å². The molecule has 6 heteroatoms. The summed E-state index contributed by atoms with van der Waals surface area (Å²) in [5.41, 5.74) is 2.16. The lowest BCUT2D eigenvalue weighted by Crippen LogP contribution is -2.38. The van der Waals surface area contributed by atoms with Crippen molar-refractivity contribution in [3.05, 3.63) is 53.6 Å². The molecular weight excluding hydrogens is 380 g/mol.